The lowest BCUT2D eigenvalue weighted by molar-refractivity contribution is -0.135. The van der Waals surface area contributed by atoms with Crippen LogP contribution in [0.1, 0.15) is 26.2 Å². The van der Waals surface area contributed by atoms with E-state index in [9.17, 15) is 14.0 Å². The molecule has 1 saturated heterocycles. The summed E-state index contributed by atoms with van der Waals surface area (Å²) in [5, 5.41) is 3.92. The summed E-state index contributed by atoms with van der Waals surface area (Å²) in [7, 11) is 0. The highest BCUT2D eigenvalue weighted by molar-refractivity contribution is 7.12. The maximum Gasteiger partial charge on any atom is 0.264 e. The Morgan fingerprint density at radius 2 is 1.86 bits per heavy atom. The van der Waals surface area contributed by atoms with Crippen molar-refractivity contribution in [1.29, 1.82) is 0 Å². The predicted octanol–water partition coefficient (Wildman–Crippen LogP) is 3.93. The summed E-state index contributed by atoms with van der Waals surface area (Å²) in [5.74, 6) is 0.00563. The van der Waals surface area contributed by atoms with Crippen molar-refractivity contribution in [2.75, 3.05) is 59.1 Å². The third-order valence-electron chi connectivity index (χ3n) is 6.77. The van der Waals surface area contributed by atoms with Crippen molar-refractivity contribution in [2.24, 2.45) is 0 Å². The molecule has 2 aliphatic rings. The van der Waals surface area contributed by atoms with Crippen molar-refractivity contribution in [3.05, 3.63) is 74.4 Å². The Hall–Kier alpha value is -2.79. The number of hydrogen-bond donors (Lipinski definition) is 0. The van der Waals surface area contributed by atoms with Crippen LogP contribution in [0.4, 0.5) is 4.39 Å². The Morgan fingerprint density at radius 1 is 1.05 bits per heavy atom. The molecule has 2 amide bonds. The molecule has 196 valence electrons. The average Bonchev–Trinajstić information content (AvgIpc) is 3.63. The van der Waals surface area contributed by atoms with E-state index < -0.39 is 0 Å². The Bertz CT molecular complexity index is 1180. The number of carbonyl (C=O) groups excluding carboxylic acids is 2. The van der Waals surface area contributed by atoms with Crippen LogP contribution in [0.2, 0.25) is 0 Å². The van der Waals surface area contributed by atoms with E-state index in [-0.39, 0.29) is 36.8 Å². The summed E-state index contributed by atoms with van der Waals surface area (Å²) in [4.78, 5) is 34.7. The van der Waals surface area contributed by atoms with Crippen LogP contribution in [-0.2, 0) is 16.0 Å². The maximum absolute atomic E-state index is 13.7. The number of benzene rings is 1. The van der Waals surface area contributed by atoms with Gasteiger partial charge in [-0.15, -0.1) is 22.7 Å². The fourth-order valence-electron chi connectivity index (χ4n) is 4.73. The van der Waals surface area contributed by atoms with Gasteiger partial charge in [0.05, 0.1) is 24.1 Å². The molecule has 1 fully saturated rings. The lowest BCUT2D eigenvalue weighted by Gasteiger charge is -2.37. The highest BCUT2D eigenvalue weighted by Crippen LogP contribution is 2.34. The zero-order valence-corrected chi connectivity index (χ0v) is 22.1. The van der Waals surface area contributed by atoms with Gasteiger partial charge in [0.15, 0.2) is 0 Å². The molecular formula is C27H30FN3O4S2. The topological polar surface area (TPSA) is 62.3 Å². The van der Waals surface area contributed by atoms with Crippen LogP contribution >= 0.6 is 22.7 Å². The van der Waals surface area contributed by atoms with Gasteiger partial charge in [0.2, 0.25) is 5.91 Å². The predicted molar refractivity (Wildman–Crippen MR) is 142 cm³/mol. The van der Waals surface area contributed by atoms with Crippen LogP contribution in [0, 0.1) is 5.82 Å². The van der Waals surface area contributed by atoms with E-state index in [0.29, 0.717) is 43.5 Å². The summed E-state index contributed by atoms with van der Waals surface area (Å²) in [6.07, 6.45) is 0.776. The number of rotatable bonds is 9. The molecule has 0 saturated carbocycles. The summed E-state index contributed by atoms with van der Waals surface area (Å²) < 4.78 is 24.8. The molecule has 1 unspecified atom stereocenters. The van der Waals surface area contributed by atoms with Crippen LogP contribution < -0.4 is 4.74 Å². The lowest BCUT2D eigenvalue weighted by atomic mass is 10.0. The molecule has 0 spiro atoms. The minimum Gasteiger partial charge on any atom is -0.491 e. The van der Waals surface area contributed by atoms with E-state index >= 15 is 0 Å². The minimum absolute atomic E-state index is 0.00753. The molecule has 0 bridgehead atoms. The average molecular weight is 544 g/mol. The zero-order valence-electron chi connectivity index (χ0n) is 20.5. The molecule has 1 atom stereocenters. The summed E-state index contributed by atoms with van der Waals surface area (Å²) in [6.45, 7) is 5.01. The van der Waals surface area contributed by atoms with Crippen LogP contribution in [0.3, 0.4) is 0 Å². The quantitative estimate of drug-likeness (QED) is 0.409. The molecule has 3 aromatic rings. The van der Waals surface area contributed by atoms with E-state index in [1.54, 1.807) is 34.4 Å². The molecule has 37 heavy (non-hydrogen) atoms. The largest absolute Gasteiger partial charge is 0.491 e. The molecule has 7 nitrogen and oxygen atoms in total. The maximum atomic E-state index is 13.7. The van der Waals surface area contributed by atoms with Crippen molar-refractivity contribution in [3.63, 3.8) is 0 Å². The van der Waals surface area contributed by atoms with E-state index in [1.165, 1.54) is 28.3 Å². The molecule has 10 heteroatoms. The highest BCUT2D eigenvalue weighted by atomic mass is 32.1. The molecule has 2 aliphatic heterocycles. The van der Waals surface area contributed by atoms with Gasteiger partial charge >= 0.3 is 0 Å². The number of nitrogens with zero attached hydrogens (tertiary/aromatic N) is 3. The summed E-state index contributed by atoms with van der Waals surface area (Å²) >= 11 is 3.07. The smallest absolute Gasteiger partial charge is 0.264 e. The second-order valence-corrected chi connectivity index (χ2v) is 11.0. The van der Waals surface area contributed by atoms with Crippen molar-refractivity contribution in [1.82, 2.24) is 14.7 Å². The molecule has 0 aliphatic carbocycles. The van der Waals surface area contributed by atoms with Gasteiger partial charge in [-0.25, -0.2) is 4.39 Å². The Morgan fingerprint density at radius 3 is 2.62 bits per heavy atom. The number of fused-ring (bicyclic) bond motifs is 1. The number of hydrogen-bond acceptors (Lipinski definition) is 7. The molecule has 2 aromatic heterocycles. The second kappa shape index (κ2) is 12.2. The third kappa shape index (κ3) is 6.38. The molecule has 5 rings (SSSR count). The molecule has 1 aromatic carbocycles. The first-order valence-electron chi connectivity index (χ1n) is 12.5. The molecule has 0 N–H and O–H groups in total. The van der Waals surface area contributed by atoms with E-state index in [4.69, 9.17) is 9.47 Å². The van der Waals surface area contributed by atoms with Crippen LogP contribution in [0.25, 0.3) is 0 Å². The number of halogens is 1. The molecule has 4 heterocycles. The van der Waals surface area contributed by atoms with Crippen molar-refractivity contribution >= 4 is 34.5 Å². The fraction of sp³-hybridized carbons (Fsp3) is 0.407. The van der Waals surface area contributed by atoms with Gasteiger partial charge in [-0.3, -0.25) is 14.5 Å². The van der Waals surface area contributed by atoms with Gasteiger partial charge < -0.3 is 19.3 Å². The molecular weight excluding hydrogens is 513 g/mol. The van der Waals surface area contributed by atoms with Gasteiger partial charge in [0.1, 0.15) is 24.7 Å². The number of ether oxygens (including phenoxy) is 2. The standard InChI is InChI=1S/C27H30FN3O4S2/c28-20-3-5-21(6-4-20)35-19-23-22-8-17-37-24(22)7-9-31(23)26(32)18-30(27(33)25-2-1-16-36-25)11-10-29-12-14-34-15-13-29/h1-6,8,16-17,23H,7,9-15,18-19H2. The lowest BCUT2D eigenvalue weighted by Crippen LogP contribution is -2.49. The number of carbonyl (C=O) groups is 2. The van der Waals surface area contributed by atoms with Crippen molar-refractivity contribution < 1.29 is 23.5 Å². The minimum atomic E-state index is -0.325. The fourth-order valence-corrected chi connectivity index (χ4v) is 6.35. The Balaban J connectivity index is 1.30. The number of thiophene rings is 2. The Labute approximate surface area is 224 Å². The van der Waals surface area contributed by atoms with Gasteiger partial charge in [-0.05, 0) is 59.1 Å². The van der Waals surface area contributed by atoms with Gasteiger partial charge in [-0.1, -0.05) is 6.07 Å². The molecule has 0 radical (unpaired) electrons. The monoisotopic (exact) mass is 543 g/mol. The SMILES string of the molecule is O=C(c1cccs1)N(CCN1CCOCC1)CC(=O)N1CCc2sccc2C1COc1ccc(F)cc1. The van der Waals surface area contributed by atoms with Crippen LogP contribution in [0.15, 0.2) is 53.2 Å². The van der Waals surface area contributed by atoms with Crippen LogP contribution in [-0.4, -0.2) is 85.6 Å². The van der Waals surface area contributed by atoms with E-state index in [0.717, 1.165) is 25.1 Å². The second-order valence-electron chi connectivity index (χ2n) is 9.07. The normalized spacial score (nSPS) is 17.9. The van der Waals surface area contributed by atoms with Crippen molar-refractivity contribution in [2.45, 2.75) is 12.5 Å². The first-order chi connectivity index (χ1) is 18.1. The van der Waals surface area contributed by atoms with Crippen LogP contribution in [0.5, 0.6) is 5.75 Å². The first kappa shape index (κ1) is 25.8. The van der Waals surface area contributed by atoms with E-state index in [1.807, 2.05) is 27.8 Å². The summed E-state index contributed by atoms with van der Waals surface area (Å²) in [5.41, 5.74) is 1.08. The van der Waals surface area contributed by atoms with Gasteiger partial charge in [0, 0.05) is 37.6 Å². The highest BCUT2D eigenvalue weighted by Gasteiger charge is 2.34. The zero-order chi connectivity index (χ0) is 25.6. The third-order valence-corrected chi connectivity index (χ3v) is 8.63. The van der Waals surface area contributed by atoms with Gasteiger partial charge in [-0.2, -0.15) is 0 Å². The van der Waals surface area contributed by atoms with Gasteiger partial charge in [0.25, 0.3) is 5.91 Å². The summed E-state index contributed by atoms with van der Waals surface area (Å²) in [6, 6.07) is 11.3. The first-order valence-corrected chi connectivity index (χ1v) is 14.2. The number of amides is 2. The van der Waals surface area contributed by atoms with Crippen molar-refractivity contribution in [3.8, 4) is 5.75 Å². The Kier molecular flexibility index (Phi) is 8.50. The van der Waals surface area contributed by atoms with E-state index in [2.05, 4.69) is 4.90 Å². The number of morpholine rings is 1.